The standard InChI is InChI=1S/C18H16Cl3NO4S/c19-13-8-7-12(18(23)26-15-6-4-5-14(20)17(15)21)11-16(13)27(24,25)22-9-2-1-3-10-22/h4-8,11H,1-3,9-10H2. The third-order valence-electron chi connectivity index (χ3n) is 4.22. The van der Waals surface area contributed by atoms with Gasteiger partial charge in [0.1, 0.15) is 9.92 Å². The molecule has 0 aliphatic carbocycles. The molecule has 144 valence electrons. The first-order valence-electron chi connectivity index (χ1n) is 8.26. The molecular formula is C18H16Cl3NO4S. The SMILES string of the molecule is O=C(Oc1cccc(Cl)c1Cl)c1ccc(Cl)c(S(=O)(=O)N2CCCCC2)c1. The fourth-order valence-electron chi connectivity index (χ4n) is 2.79. The summed E-state index contributed by atoms with van der Waals surface area (Å²) in [6, 6.07) is 8.64. The normalized spacial score (nSPS) is 15.5. The van der Waals surface area contributed by atoms with E-state index in [1.54, 1.807) is 12.1 Å². The van der Waals surface area contributed by atoms with Gasteiger partial charge in [-0.25, -0.2) is 13.2 Å². The van der Waals surface area contributed by atoms with E-state index in [1.807, 2.05) is 0 Å². The lowest BCUT2D eigenvalue weighted by Gasteiger charge is -2.26. The molecule has 2 aromatic rings. The monoisotopic (exact) mass is 447 g/mol. The number of esters is 1. The number of halogens is 3. The molecule has 0 amide bonds. The van der Waals surface area contributed by atoms with Crippen LogP contribution in [-0.4, -0.2) is 31.8 Å². The molecule has 9 heteroatoms. The largest absolute Gasteiger partial charge is 0.421 e. The first kappa shape index (κ1) is 20.4. The lowest BCUT2D eigenvalue weighted by Crippen LogP contribution is -2.35. The highest BCUT2D eigenvalue weighted by Crippen LogP contribution is 2.33. The number of rotatable bonds is 4. The van der Waals surface area contributed by atoms with Crippen molar-refractivity contribution < 1.29 is 17.9 Å². The molecule has 1 aliphatic heterocycles. The van der Waals surface area contributed by atoms with E-state index >= 15 is 0 Å². The van der Waals surface area contributed by atoms with Gasteiger partial charge in [0, 0.05) is 13.1 Å². The fraction of sp³-hybridized carbons (Fsp3) is 0.278. The van der Waals surface area contributed by atoms with Crippen LogP contribution in [0.5, 0.6) is 5.75 Å². The molecule has 0 radical (unpaired) electrons. The van der Waals surface area contributed by atoms with Gasteiger partial charge in [-0.1, -0.05) is 47.3 Å². The van der Waals surface area contributed by atoms with Crippen LogP contribution in [-0.2, 0) is 10.0 Å². The van der Waals surface area contributed by atoms with Crippen LogP contribution >= 0.6 is 34.8 Å². The van der Waals surface area contributed by atoms with Crippen LogP contribution in [0.15, 0.2) is 41.3 Å². The van der Waals surface area contributed by atoms with E-state index in [0.717, 1.165) is 19.3 Å². The Kier molecular flexibility index (Phi) is 6.33. The summed E-state index contributed by atoms with van der Waals surface area (Å²) >= 11 is 18.0. The number of carbonyl (C=O) groups excluding carboxylic acids is 1. The first-order chi connectivity index (χ1) is 12.8. The third kappa shape index (κ3) is 4.41. The first-order valence-corrected chi connectivity index (χ1v) is 10.8. The van der Waals surface area contributed by atoms with Crippen LogP contribution in [0.2, 0.25) is 15.1 Å². The summed E-state index contributed by atoms with van der Waals surface area (Å²) in [5.41, 5.74) is 0.0472. The van der Waals surface area contributed by atoms with Crippen LogP contribution in [0, 0.1) is 0 Å². The van der Waals surface area contributed by atoms with Crippen molar-refractivity contribution in [3.05, 3.63) is 57.0 Å². The summed E-state index contributed by atoms with van der Waals surface area (Å²) in [7, 11) is -3.79. The molecule has 1 aliphatic rings. The molecule has 0 saturated carbocycles. The molecule has 0 unspecified atom stereocenters. The van der Waals surface area contributed by atoms with Crippen molar-refractivity contribution in [2.75, 3.05) is 13.1 Å². The van der Waals surface area contributed by atoms with Crippen LogP contribution in [0.3, 0.4) is 0 Å². The molecule has 1 heterocycles. The van der Waals surface area contributed by atoms with E-state index < -0.39 is 16.0 Å². The quantitative estimate of drug-likeness (QED) is 0.485. The highest BCUT2D eigenvalue weighted by molar-refractivity contribution is 7.89. The number of nitrogens with zero attached hydrogens (tertiary/aromatic N) is 1. The summed E-state index contributed by atoms with van der Waals surface area (Å²) in [6.07, 6.45) is 2.59. The van der Waals surface area contributed by atoms with E-state index in [9.17, 15) is 13.2 Å². The van der Waals surface area contributed by atoms with Gasteiger partial charge in [0.15, 0.2) is 5.75 Å². The van der Waals surface area contributed by atoms with E-state index in [1.165, 1.54) is 28.6 Å². The minimum atomic E-state index is -3.79. The molecule has 3 rings (SSSR count). The maximum Gasteiger partial charge on any atom is 0.343 e. The Morgan fingerprint density at radius 3 is 2.37 bits per heavy atom. The maximum absolute atomic E-state index is 12.9. The minimum Gasteiger partial charge on any atom is -0.421 e. The molecule has 0 N–H and O–H groups in total. The Morgan fingerprint density at radius 1 is 0.963 bits per heavy atom. The van der Waals surface area contributed by atoms with Crippen molar-refractivity contribution in [1.82, 2.24) is 4.31 Å². The van der Waals surface area contributed by atoms with Crippen molar-refractivity contribution >= 4 is 50.8 Å². The Bertz CT molecular complexity index is 973. The van der Waals surface area contributed by atoms with Crippen molar-refractivity contribution in [3.8, 4) is 5.75 Å². The van der Waals surface area contributed by atoms with Gasteiger partial charge in [-0.2, -0.15) is 4.31 Å². The Labute approximate surface area is 172 Å². The van der Waals surface area contributed by atoms with E-state index in [-0.39, 0.29) is 31.3 Å². The zero-order valence-corrected chi connectivity index (χ0v) is 17.2. The van der Waals surface area contributed by atoms with Crippen LogP contribution in [0.4, 0.5) is 0 Å². The highest BCUT2D eigenvalue weighted by atomic mass is 35.5. The molecule has 2 aromatic carbocycles. The summed E-state index contributed by atoms with van der Waals surface area (Å²) in [5, 5.41) is 0.395. The Hall–Kier alpha value is -1.31. The number of hydrogen-bond acceptors (Lipinski definition) is 4. The van der Waals surface area contributed by atoms with Gasteiger partial charge in [0.25, 0.3) is 0 Å². The van der Waals surface area contributed by atoms with E-state index in [2.05, 4.69) is 0 Å². The predicted molar refractivity (Wildman–Crippen MR) is 105 cm³/mol. The number of sulfonamides is 1. The Balaban J connectivity index is 1.90. The molecule has 0 bridgehead atoms. The average molecular weight is 449 g/mol. The minimum absolute atomic E-state index is 0.0472. The molecule has 0 spiro atoms. The molecule has 27 heavy (non-hydrogen) atoms. The lowest BCUT2D eigenvalue weighted by molar-refractivity contribution is 0.0734. The van der Waals surface area contributed by atoms with Gasteiger partial charge in [-0.15, -0.1) is 0 Å². The maximum atomic E-state index is 12.9. The molecular weight excluding hydrogens is 433 g/mol. The fourth-order valence-corrected chi connectivity index (χ4v) is 5.14. The molecule has 1 fully saturated rings. The zero-order valence-electron chi connectivity index (χ0n) is 14.1. The van der Waals surface area contributed by atoms with Gasteiger partial charge >= 0.3 is 5.97 Å². The van der Waals surface area contributed by atoms with Crippen LogP contribution < -0.4 is 4.74 Å². The zero-order chi connectivity index (χ0) is 19.6. The number of ether oxygens (including phenoxy) is 1. The van der Waals surface area contributed by atoms with Crippen molar-refractivity contribution in [3.63, 3.8) is 0 Å². The van der Waals surface area contributed by atoms with Crippen molar-refractivity contribution in [2.45, 2.75) is 24.2 Å². The van der Waals surface area contributed by atoms with Crippen molar-refractivity contribution in [2.24, 2.45) is 0 Å². The summed E-state index contributed by atoms with van der Waals surface area (Å²) in [6.45, 7) is 0.872. The second-order valence-corrected chi connectivity index (χ2v) is 9.15. The number of hydrogen-bond donors (Lipinski definition) is 0. The molecule has 1 saturated heterocycles. The summed E-state index contributed by atoms with van der Waals surface area (Å²) in [5.74, 6) is -0.671. The second kappa shape index (κ2) is 8.37. The number of carbonyl (C=O) groups is 1. The Morgan fingerprint density at radius 2 is 1.67 bits per heavy atom. The number of benzene rings is 2. The predicted octanol–water partition coefficient (Wildman–Crippen LogP) is 5.04. The van der Waals surface area contributed by atoms with Gasteiger partial charge in [-0.3, -0.25) is 0 Å². The number of piperidine rings is 1. The summed E-state index contributed by atoms with van der Waals surface area (Å²) in [4.78, 5) is 12.4. The van der Waals surface area contributed by atoms with E-state index in [0.29, 0.717) is 13.1 Å². The van der Waals surface area contributed by atoms with Gasteiger partial charge < -0.3 is 4.74 Å². The topological polar surface area (TPSA) is 63.7 Å². The second-order valence-electron chi connectivity index (χ2n) is 6.05. The van der Waals surface area contributed by atoms with Crippen LogP contribution in [0.1, 0.15) is 29.6 Å². The van der Waals surface area contributed by atoms with Crippen LogP contribution in [0.25, 0.3) is 0 Å². The highest BCUT2D eigenvalue weighted by Gasteiger charge is 2.29. The van der Waals surface area contributed by atoms with Gasteiger partial charge in [0.05, 0.1) is 15.6 Å². The van der Waals surface area contributed by atoms with Gasteiger partial charge in [0.2, 0.25) is 10.0 Å². The third-order valence-corrected chi connectivity index (χ3v) is 7.40. The van der Waals surface area contributed by atoms with Gasteiger partial charge in [-0.05, 0) is 43.2 Å². The average Bonchev–Trinajstić information content (AvgIpc) is 2.66. The molecule has 0 atom stereocenters. The van der Waals surface area contributed by atoms with Crippen molar-refractivity contribution in [1.29, 1.82) is 0 Å². The molecule has 0 aromatic heterocycles. The van der Waals surface area contributed by atoms with E-state index in [4.69, 9.17) is 39.5 Å². The lowest BCUT2D eigenvalue weighted by atomic mass is 10.2. The smallest absolute Gasteiger partial charge is 0.343 e. The summed E-state index contributed by atoms with van der Waals surface area (Å²) < 4.78 is 32.4. The molecule has 5 nitrogen and oxygen atoms in total.